The zero-order valence-corrected chi connectivity index (χ0v) is 13.5. The van der Waals surface area contributed by atoms with Crippen LogP contribution in [-0.2, 0) is 6.54 Å². The lowest BCUT2D eigenvalue weighted by atomic mass is 10.1. The summed E-state index contributed by atoms with van der Waals surface area (Å²) < 4.78 is 1.54. The molecule has 0 bridgehead atoms. The van der Waals surface area contributed by atoms with Crippen molar-refractivity contribution in [2.45, 2.75) is 13.5 Å². The van der Waals surface area contributed by atoms with E-state index in [1.165, 1.54) is 11.0 Å². The molecule has 2 amide bonds. The smallest absolute Gasteiger partial charge is 0.251 e. The van der Waals surface area contributed by atoms with Crippen molar-refractivity contribution in [2.24, 2.45) is 5.73 Å². The van der Waals surface area contributed by atoms with E-state index >= 15 is 0 Å². The highest BCUT2D eigenvalue weighted by molar-refractivity contribution is 5.94. The van der Waals surface area contributed by atoms with Gasteiger partial charge in [0.2, 0.25) is 5.91 Å². The molecule has 25 heavy (non-hydrogen) atoms. The first-order valence-corrected chi connectivity index (χ1v) is 7.55. The van der Waals surface area contributed by atoms with Gasteiger partial charge in [0.25, 0.3) is 5.91 Å². The number of nitrogens with zero attached hydrogens (tertiary/aromatic N) is 4. The third-order valence-electron chi connectivity index (χ3n) is 3.75. The second-order valence-electron chi connectivity index (χ2n) is 5.50. The van der Waals surface area contributed by atoms with Gasteiger partial charge in [0.05, 0.1) is 5.69 Å². The molecule has 0 aliphatic carbocycles. The number of hydrogen-bond donors (Lipinski definition) is 2. The first-order valence-electron chi connectivity index (χ1n) is 7.55. The molecule has 0 saturated heterocycles. The van der Waals surface area contributed by atoms with Crippen LogP contribution in [0.2, 0.25) is 0 Å². The van der Waals surface area contributed by atoms with Crippen LogP contribution in [0.4, 0.5) is 0 Å². The maximum Gasteiger partial charge on any atom is 0.251 e. The van der Waals surface area contributed by atoms with E-state index in [9.17, 15) is 9.59 Å². The molecular weight excluding hydrogens is 320 g/mol. The summed E-state index contributed by atoms with van der Waals surface area (Å²) in [6, 6.07) is 12.1. The fraction of sp³-hybridized carbons (Fsp3) is 0.118. The SMILES string of the molecule is Cc1cc(C(=O)NCc2ccc(C(N)=O)cc2)ccc1-n1cnnn1. The van der Waals surface area contributed by atoms with Crippen LogP contribution in [-0.4, -0.2) is 32.0 Å². The lowest BCUT2D eigenvalue weighted by Crippen LogP contribution is -2.23. The summed E-state index contributed by atoms with van der Waals surface area (Å²) in [4.78, 5) is 23.4. The molecule has 8 nitrogen and oxygen atoms in total. The van der Waals surface area contributed by atoms with Crippen molar-refractivity contribution in [3.63, 3.8) is 0 Å². The summed E-state index contributed by atoms with van der Waals surface area (Å²) in [5, 5.41) is 13.9. The Morgan fingerprint density at radius 1 is 1.12 bits per heavy atom. The van der Waals surface area contributed by atoms with E-state index in [0.29, 0.717) is 17.7 Å². The first kappa shape index (κ1) is 16.3. The van der Waals surface area contributed by atoms with Crippen LogP contribution in [0.25, 0.3) is 5.69 Å². The molecule has 2 aromatic carbocycles. The van der Waals surface area contributed by atoms with E-state index in [2.05, 4.69) is 20.8 Å². The number of nitrogens with two attached hydrogens (primary N) is 1. The van der Waals surface area contributed by atoms with Gasteiger partial charge in [-0.1, -0.05) is 12.1 Å². The van der Waals surface area contributed by atoms with Gasteiger partial charge in [0.1, 0.15) is 6.33 Å². The molecule has 0 radical (unpaired) electrons. The standard InChI is InChI=1S/C17H16N6O2/c1-11-8-14(6-7-15(11)23-10-20-21-22-23)17(25)19-9-12-2-4-13(5-3-12)16(18)24/h2-8,10H,9H2,1H3,(H2,18,24)(H,19,25). The molecule has 3 rings (SSSR count). The molecule has 0 unspecified atom stereocenters. The van der Waals surface area contributed by atoms with Crippen LogP contribution < -0.4 is 11.1 Å². The van der Waals surface area contributed by atoms with Gasteiger partial charge >= 0.3 is 0 Å². The monoisotopic (exact) mass is 336 g/mol. The molecule has 1 heterocycles. The Balaban J connectivity index is 1.67. The number of nitrogens with one attached hydrogen (secondary N) is 1. The van der Waals surface area contributed by atoms with Crippen molar-refractivity contribution in [1.29, 1.82) is 0 Å². The largest absolute Gasteiger partial charge is 0.366 e. The van der Waals surface area contributed by atoms with Crippen molar-refractivity contribution in [3.05, 3.63) is 71.0 Å². The molecule has 0 spiro atoms. The molecule has 0 saturated carbocycles. The van der Waals surface area contributed by atoms with Crippen molar-refractivity contribution in [3.8, 4) is 5.69 Å². The van der Waals surface area contributed by atoms with Gasteiger partial charge in [0.15, 0.2) is 0 Å². The van der Waals surface area contributed by atoms with E-state index in [-0.39, 0.29) is 5.91 Å². The number of carbonyl (C=O) groups excluding carboxylic acids is 2. The van der Waals surface area contributed by atoms with E-state index in [0.717, 1.165) is 16.8 Å². The Bertz CT molecular complexity index is 903. The summed E-state index contributed by atoms with van der Waals surface area (Å²) >= 11 is 0. The third kappa shape index (κ3) is 3.69. The molecule has 3 N–H and O–H groups in total. The van der Waals surface area contributed by atoms with Crippen molar-refractivity contribution in [1.82, 2.24) is 25.5 Å². The van der Waals surface area contributed by atoms with Crippen LogP contribution in [0.15, 0.2) is 48.8 Å². The number of primary amides is 1. The lowest BCUT2D eigenvalue weighted by molar-refractivity contribution is 0.0949. The van der Waals surface area contributed by atoms with E-state index in [1.807, 2.05) is 6.92 Å². The molecular formula is C17H16N6O2. The van der Waals surface area contributed by atoms with Crippen LogP contribution in [0, 0.1) is 6.92 Å². The Labute approximate surface area is 143 Å². The molecule has 126 valence electrons. The molecule has 0 fully saturated rings. The Morgan fingerprint density at radius 2 is 1.84 bits per heavy atom. The summed E-state index contributed by atoms with van der Waals surface area (Å²) in [7, 11) is 0. The molecule has 0 aliphatic heterocycles. The average molecular weight is 336 g/mol. The number of hydrogen-bond acceptors (Lipinski definition) is 5. The van der Waals surface area contributed by atoms with Gasteiger partial charge in [-0.3, -0.25) is 9.59 Å². The van der Waals surface area contributed by atoms with Gasteiger partial charge in [-0.05, 0) is 58.8 Å². The van der Waals surface area contributed by atoms with Crippen LogP contribution >= 0.6 is 0 Å². The zero-order valence-electron chi connectivity index (χ0n) is 13.5. The van der Waals surface area contributed by atoms with E-state index < -0.39 is 5.91 Å². The third-order valence-corrected chi connectivity index (χ3v) is 3.75. The highest BCUT2D eigenvalue weighted by Gasteiger charge is 2.09. The van der Waals surface area contributed by atoms with Crippen LogP contribution in [0.3, 0.4) is 0 Å². The average Bonchev–Trinajstić information content (AvgIpc) is 3.14. The van der Waals surface area contributed by atoms with Gasteiger partial charge in [-0.15, -0.1) is 5.10 Å². The predicted molar refractivity (Wildman–Crippen MR) is 90.0 cm³/mol. The van der Waals surface area contributed by atoms with E-state index in [1.54, 1.807) is 42.5 Å². The maximum absolute atomic E-state index is 12.3. The Morgan fingerprint density at radius 3 is 2.44 bits per heavy atom. The van der Waals surface area contributed by atoms with Crippen molar-refractivity contribution < 1.29 is 9.59 Å². The highest BCUT2D eigenvalue weighted by atomic mass is 16.2. The summed E-state index contributed by atoms with van der Waals surface area (Å²) in [6.07, 6.45) is 1.50. The van der Waals surface area contributed by atoms with Crippen LogP contribution in [0.1, 0.15) is 31.8 Å². The Kier molecular flexibility index (Phi) is 4.51. The number of benzene rings is 2. The first-order chi connectivity index (χ1) is 12.0. The minimum atomic E-state index is -0.478. The predicted octanol–water partition coefficient (Wildman–Crippen LogP) is 1.000. The van der Waals surface area contributed by atoms with Crippen molar-refractivity contribution >= 4 is 11.8 Å². The number of aromatic nitrogens is 4. The van der Waals surface area contributed by atoms with Crippen LogP contribution in [0.5, 0.6) is 0 Å². The topological polar surface area (TPSA) is 116 Å². The van der Waals surface area contributed by atoms with Gasteiger partial charge in [-0.2, -0.15) is 0 Å². The van der Waals surface area contributed by atoms with Gasteiger partial charge < -0.3 is 11.1 Å². The zero-order chi connectivity index (χ0) is 17.8. The number of tetrazole rings is 1. The quantitative estimate of drug-likeness (QED) is 0.721. The molecule has 0 atom stereocenters. The number of aryl methyl sites for hydroxylation is 1. The fourth-order valence-electron chi connectivity index (χ4n) is 2.40. The van der Waals surface area contributed by atoms with Crippen molar-refractivity contribution in [2.75, 3.05) is 0 Å². The highest BCUT2D eigenvalue weighted by Crippen LogP contribution is 2.14. The molecule has 1 aromatic heterocycles. The molecule has 3 aromatic rings. The van der Waals surface area contributed by atoms with Gasteiger partial charge in [-0.25, -0.2) is 4.68 Å². The maximum atomic E-state index is 12.3. The minimum Gasteiger partial charge on any atom is -0.366 e. The fourth-order valence-corrected chi connectivity index (χ4v) is 2.40. The molecule has 8 heteroatoms. The number of carbonyl (C=O) groups is 2. The Hall–Kier alpha value is -3.55. The van der Waals surface area contributed by atoms with E-state index in [4.69, 9.17) is 5.73 Å². The summed E-state index contributed by atoms with van der Waals surface area (Å²) in [5.74, 6) is -0.668. The molecule has 0 aliphatic rings. The number of amides is 2. The second-order valence-corrected chi connectivity index (χ2v) is 5.50. The summed E-state index contributed by atoms with van der Waals surface area (Å²) in [6.45, 7) is 2.24. The number of rotatable bonds is 5. The summed E-state index contributed by atoms with van der Waals surface area (Å²) in [5.41, 5.74) is 8.74. The normalized spacial score (nSPS) is 10.4. The second kappa shape index (κ2) is 6.91. The minimum absolute atomic E-state index is 0.189. The lowest BCUT2D eigenvalue weighted by Gasteiger charge is -2.09. The van der Waals surface area contributed by atoms with Gasteiger partial charge in [0, 0.05) is 17.7 Å².